The molecule has 2 aromatic heterocycles. The minimum absolute atomic E-state index is 0.0432. The smallest absolute Gasteiger partial charge is 0.274 e. The lowest BCUT2D eigenvalue weighted by molar-refractivity contribution is -0.115. The number of thiophene rings is 1. The molecule has 1 aliphatic heterocycles. The molecule has 0 radical (unpaired) electrons. The molecule has 1 saturated heterocycles. The maximum atomic E-state index is 13.8. The molecule has 1 saturated carbocycles. The second-order valence-electron chi connectivity index (χ2n) is 11.6. The summed E-state index contributed by atoms with van der Waals surface area (Å²) >= 11 is 1.77. The minimum atomic E-state index is -0.0943. The number of aromatic nitrogens is 2. The Labute approximate surface area is 250 Å². The number of rotatable bonds is 9. The third kappa shape index (κ3) is 5.77. The van der Waals surface area contributed by atoms with Crippen LogP contribution in [0.3, 0.4) is 0 Å². The van der Waals surface area contributed by atoms with Crippen molar-refractivity contribution >= 4 is 28.8 Å². The predicted octanol–water partition coefficient (Wildman–Crippen LogP) is 4.60. The van der Waals surface area contributed by atoms with Crippen molar-refractivity contribution in [1.82, 2.24) is 24.9 Å². The standard InChI is InChI=1S/C33H36N6O2S/c40-30(21-34-20-23-4-2-1-3-5-23)35-25-8-10-26(11-9-25)39-32-27-14-19-42-29(27)13-12-28(32)31(36-39)33(41)38-17-15-37(16-18-38)22-24-6-7-24/h1-5,8-11,14,19,24,34H,6-7,12-13,15-18,20-22H2,(H,35,40). The summed E-state index contributed by atoms with van der Waals surface area (Å²) in [6.45, 7) is 5.43. The fraction of sp³-hybridized carbons (Fsp3) is 0.364. The van der Waals surface area contributed by atoms with Crippen molar-refractivity contribution in [3.63, 3.8) is 0 Å². The Bertz CT molecular complexity index is 1570. The van der Waals surface area contributed by atoms with Crippen LogP contribution in [0.2, 0.25) is 0 Å². The molecule has 2 aliphatic carbocycles. The van der Waals surface area contributed by atoms with Gasteiger partial charge in [0.2, 0.25) is 5.91 Å². The summed E-state index contributed by atoms with van der Waals surface area (Å²) in [6.07, 6.45) is 4.46. The summed E-state index contributed by atoms with van der Waals surface area (Å²) in [5, 5.41) is 13.3. The lowest BCUT2D eigenvalue weighted by Crippen LogP contribution is -2.49. The van der Waals surface area contributed by atoms with Gasteiger partial charge in [-0.1, -0.05) is 30.3 Å². The van der Waals surface area contributed by atoms with Crippen molar-refractivity contribution in [2.24, 2.45) is 5.92 Å². The average molecular weight is 581 g/mol. The first-order valence-electron chi connectivity index (χ1n) is 15.0. The van der Waals surface area contributed by atoms with Gasteiger partial charge < -0.3 is 15.5 Å². The Balaban J connectivity index is 1.07. The maximum absolute atomic E-state index is 13.8. The monoisotopic (exact) mass is 580 g/mol. The van der Waals surface area contributed by atoms with Gasteiger partial charge >= 0.3 is 0 Å². The number of amides is 2. The van der Waals surface area contributed by atoms with E-state index in [1.807, 2.05) is 64.2 Å². The molecular formula is C33H36N6O2S. The molecule has 3 aliphatic rings. The van der Waals surface area contributed by atoms with E-state index in [0.29, 0.717) is 12.2 Å². The number of hydrogen-bond donors (Lipinski definition) is 2. The van der Waals surface area contributed by atoms with E-state index in [1.54, 1.807) is 11.3 Å². The van der Waals surface area contributed by atoms with Crippen molar-refractivity contribution in [3.8, 4) is 16.9 Å². The van der Waals surface area contributed by atoms with Gasteiger partial charge in [-0.05, 0) is 72.9 Å². The highest BCUT2D eigenvalue weighted by atomic mass is 32.1. The van der Waals surface area contributed by atoms with E-state index < -0.39 is 0 Å². The maximum Gasteiger partial charge on any atom is 0.274 e. The Kier molecular flexibility index (Phi) is 7.63. The molecule has 42 heavy (non-hydrogen) atoms. The van der Waals surface area contributed by atoms with E-state index in [0.717, 1.165) is 73.1 Å². The van der Waals surface area contributed by atoms with Crippen LogP contribution >= 0.6 is 11.3 Å². The number of aryl methyl sites for hydroxylation is 1. The zero-order valence-corrected chi connectivity index (χ0v) is 24.5. The number of carbonyl (C=O) groups excluding carboxylic acids is 2. The quantitative estimate of drug-likeness (QED) is 0.303. The van der Waals surface area contributed by atoms with Gasteiger partial charge in [0.25, 0.3) is 5.91 Å². The summed E-state index contributed by atoms with van der Waals surface area (Å²) in [5.74, 6) is 0.815. The number of piperazine rings is 1. The normalized spacial score (nSPS) is 16.6. The number of carbonyl (C=O) groups is 2. The van der Waals surface area contributed by atoms with Crippen LogP contribution < -0.4 is 10.6 Å². The van der Waals surface area contributed by atoms with Crippen LogP contribution in [-0.2, 0) is 24.2 Å². The number of anilines is 1. The number of fused-ring (bicyclic) bond motifs is 3. The fourth-order valence-electron chi connectivity index (χ4n) is 6.06. The lowest BCUT2D eigenvalue weighted by Gasteiger charge is -2.34. The van der Waals surface area contributed by atoms with Crippen LogP contribution in [0.5, 0.6) is 0 Å². The number of hydrogen-bond acceptors (Lipinski definition) is 6. The van der Waals surface area contributed by atoms with Gasteiger partial charge in [-0.2, -0.15) is 5.10 Å². The topological polar surface area (TPSA) is 82.5 Å². The lowest BCUT2D eigenvalue weighted by atomic mass is 9.94. The van der Waals surface area contributed by atoms with Crippen molar-refractivity contribution in [3.05, 3.63) is 87.7 Å². The molecule has 7 rings (SSSR count). The molecule has 2 fully saturated rings. The Morgan fingerprint density at radius 1 is 0.929 bits per heavy atom. The average Bonchev–Trinajstić information content (AvgIpc) is 3.55. The Morgan fingerprint density at radius 3 is 2.48 bits per heavy atom. The minimum Gasteiger partial charge on any atom is -0.335 e. The zero-order valence-electron chi connectivity index (χ0n) is 23.7. The highest BCUT2D eigenvalue weighted by Gasteiger charge is 2.33. The Morgan fingerprint density at radius 2 is 1.71 bits per heavy atom. The van der Waals surface area contributed by atoms with Crippen LogP contribution in [0.25, 0.3) is 16.9 Å². The molecule has 216 valence electrons. The number of benzene rings is 2. The molecule has 9 heteroatoms. The molecule has 8 nitrogen and oxygen atoms in total. The first-order valence-corrected chi connectivity index (χ1v) is 15.9. The molecule has 0 unspecified atom stereocenters. The van der Waals surface area contributed by atoms with Gasteiger partial charge in [-0.3, -0.25) is 14.5 Å². The molecule has 4 aromatic rings. The fourth-order valence-corrected chi connectivity index (χ4v) is 6.94. The highest BCUT2D eigenvalue weighted by Crippen LogP contribution is 2.40. The number of nitrogens with one attached hydrogen (secondary N) is 2. The molecule has 3 heterocycles. The number of nitrogens with zero attached hydrogens (tertiary/aromatic N) is 4. The summed E-state index contributed by atoms with van der Waals surface area (Å²) in [6, 6.07) is 19.9. The van der Waals surface area contributed by atoms with E-state index in [1.165, 1.54) is 29.8 Å². The van der Waals surface area contributed by atoms with Gasteiger partial charge in [0.05, 0.1) is 17.9 Å². The second-order valence-corrected chi connectivity index (χ2v) is 12.6. The van der Waals surface area contributed by atoms with Crippen molar-refractivity contribution in [1.29, 1.82) is 0 Å². The van der Waals surface area contributed by atoms with Crippen LogP contribution in [0, 0.1) is 5.92 Å². The van der Waals surface area contributed by atoms with Gasteiger partial charge in [0.1, 0.15) is 0 Å². The second kappa shape index (κ2) is 11.8. The van der Waals surface area contributed by atoms with Crippen molar-refractivity contribution < 1.29 is 9.59 Å². The van der Waals surface area contributed by atoms with Crippen LogP contribution in [0.4, 0.5) is 5.69 Å². The SMILES string of the molecule is O=C(CNCc1ccccc1)Nc1ccc(-n2nc(C(=O)N3CCN(CC4CC4)CC3)c3c2-c2ccsc2CC3)cc1. The van der Waals surface area contributed by atoms with E-state index in [9.17, 15) is 9.59 Å². The Hall–Kier alpha value is -3.79. The van der Waals surface area contributed by atoms with Crippen LogP contribution in [0.1, 0.15) is 39.3 Å². The van der Waals surface area contributed by atoms with Gasteiger partial charge in [-0.15, -0.1) is 11.3 Å². The molecule has 0 bridgehead atoms. The zero-order chi connectivity index (χ0) is 28.5. The molecule has 0 atom stereocenters. The van der Waals surface area contributed by atoms with E-state index in [-0.39, 0.29) is 18.4 Å². The van der Waals surface area contributed by atoms with Gasteiger partial charge in [-0.25, -0.2) is 4.68 Å². The first-order chi connectivity index (χ1) is 20.6. The van der Waals surface area contributed by atoms with Crippen LogP contribution in [-0.4, -0.2) is 70.7 Å². The van der Waals surface area contributed by atoms with Crippen LogP contribution in [0.15, 0.2) is 66.0 Å². The summed E-state index contributed by atoms with van der Waals surface area (Å²) in [4.78, 5) is 32.2. The van der Waals surface area contributed by atoms with E-state index in [2.05, 4.69) is 27.0 Å². The summed E-state index contributed by atoms with van der Waals surface area (Å²) in [5.41, 5.74) is 6.56. The molecule has 2 aromatic carbocycles. The third-order valence-corrected chi connectivity index (χ3v) is 9.50. The van der Waals surface area contributed by atoms with Gasteiger partial charge in [0.15, 0.2) is 5.69 Å². The molecular weight excluding hydrogens is 544 g/mol. The molecule has 0 spiro atoms. The first kappa shape index (κ1) is 27.1. The largest absolute Gasteiger partial charge is 0.335 e. The van der Waals surface area contributed by atoms with E-state index in [4.69, 9.17) is 5.10 Å². The summed E-state index contributed by atoms with van der Waals surface area (Å²) < 4.78 is 1.93. The summed E-state index contributed by atoms with van der Waals surface area (Å²) in [7, 11) is 0. The molecule has 2 amide bonds. The predicted molar refractivity (Wildman–Crippen MR) is 166 cm³/mol. The van der Waals surface area contributed by atoms with Crippen molar-refractivity contribution in [2.75, 3.05) is 44.6 Å². The highest BCUT2D eigenvalue weighted by molar-refractivity contribution is 7.10. The van der Waals surface area contributed by atoms with Crippen molar-refractivity contribution in [2.45, 2.75) is 32.2 Å². The third-order valence-electron chi connectivity index (χ3n) is 8.51. The van der Waals surface area contributed by atoms with E-state index >= 15 is 0 Å². The molecule has 2 N–H and O–H groups in total. The van der Waals surface area contributed by atoms with Gasteiger partial charge in [0, 0.05) is 61.0 Å².